The standard InChI is InChI=1S/C15H28N2O2S/c1-13(2)12-20-11-8-16-5-3-4-14(16)15(18)17-6-9-19-10-7-17/h13-14H,3-12H2,1-2H3/t14-/m0/s1. The first-order chi connectivity index (χ1) is 9.68. The van der Waals surface area contributed by atoms with E-state index in [9.17, 15) is 4.79 Å². The molecule has 116 valence electrons. The number of nitrogens with zero attached hydrogens (tertiary/aromatic N) is 2. The van der Waals surface area contributed by atoms with Gasteiger partial charge in [0.05, 0.1) is 19.3 Å². The molecule has 2 fully saturated rings. The van der Waals surface area contributed by atoms with Crippen LogP contribution in [-0.4, -0.2) is 72.6 Å². The molecule has 2 aliphatic rings. The maximum atomic E-state index is 12.6. The fourth-order valence-electron chi connectivity index (χ4n) is 2.87. The zero-order chi connectivity index (χ0) is 14.4. The van der Waals surface area contributed by atoms with Crippen LogP contribution >= 0.6 is 11.8 Å². The third-order valence-corrected chi connectivity index (χ3v) is 5.32. The predicted octanol–water partition coefficient (Wildman–Crippen LogP) is 1.70. The van der Waals surface area contributed by atoms with Gasteiger partial charge in [0.15, 0.2) is 0 Å². The van der Waals surface area contributed by atoms with Crippen LogP contribution in [0.4, 0.5) is 0 Å². The normalized spacial score (nSPS) is 24.6. The summed E-state index contributed by atoms with van der Waals surface area (Å²) in [5.74, 6) is 3.45. The van der Waals surface area contributed by atoms with Gasteiger partial charge in [0.1, 0.15) is 0 Å². The van der Waals surface area contributed by atoms with E-state index in [1.54, 1.807) is 0 Å². The molecular weight excluding hydrogens is 272 g/mol. The molecule has 0 unspecified atom stereocenters. The number of ether oxygens (including phenoxy) is 1. The number of hydrogen-bond donors (Lipinski definition) is 0. The van der Waals surface area contributed by atoms with Gasteiger partial charge in [-0.15, -0.1) is 0 Å². The second-order valence-corrected chi connectivity index (χ2v) is 7.25. The number of thioether (sulfide) groups is 1. The van der Waals surface area contributed by atoms with Crippen molar-refractivity contribution in [3.8, 4) is 0 Å². The maximum Gasteiger partial charge on any atom is 0.240 e. The number of carbonyl (C=O) groups excluding carboxylic acids is 1. The quantitative estimate of drug-likeness (QED) is 0.699. The van der Waals surface area contributed by atoms with Gasteiger partial charge < -0.3 is 9.64 Å². The first-order valence-corrected chi connectivity index (χ1v) is 9.02. The molecule has 2 rings (SSSR count). The third-order valence-electron chi connectivity index (χ3n) is 3.95. The Balaban J connectivity index is 1.76. The average molecular weight is 300 g/mol. The van der Waals surface area contributed by atoms with E-state index in [1.807, 2.05) is 16.7 Å². The molecule has 1 amide bonds. The van der Waals surface area contributed by atoms with Gasteiger partial charge in [0.2, 0.25) is 5.91 Å². The molecule has 0 N–H and O–H groups in total. The Morgan fingerprint density at radius 1 is 1.30 bits per heavy atom. The summed E-state index contributed by atoms with van der Waals surface area (Å²) in [6.07, 6.45) is 2.20. The van der Waals surface area contributed by atoms with Gasteiger partial charge in [-0.1, -0.05) is 13.8 Å². The summed E-state index contributed by atoms with van der Waals surface area (Å²) in [6.45, 7) is 9.59. The van der Waals surface area contributed by atoms with Crippen molar-refractivity contribution in [2.45, 2.75) is 32.7 Å². The number of morpholine rings is 1. The van der Waals surface area contributed by atoms with Gasteiger partial charge in [0.25, 0.3) is 0 Å². The van der Waals surface area contributed by atoms with Crippen LogP contribution in [0.1, 0.15) is 26.7 Å². The Bertz CT molecular complexity index is 306. The average Bonchev–Trinajstić information content (AvgIpc) is 2.92. The molecule has 0 aromatic rings. The summed E-state index contributed by atoms with van der Waals surface area (Å²) >= 11 is 2.01. The lowest BCUT2D eigenvalue weighted by atomic mass is 10.2. The molecule has 0 saturated carbocycles. The van der Waals surface area contributed by atoms with E-state index in [2.05, 4.69) is 18.7 Å². The van der Waals surface area contributed by atoms with Crippen molar-refractivity contribution in [3.05, 3.63) is 0 Å². The summed E-state index contributed by atoms with van der Waals surface area (Å²) in [5.41, 5.74) is 0. The summed E-state index contributed by atoms with van der Waals surface area (Å²) < 4.78 is 5.33. The number of rotatable bonds is 6. The van der Waals surface area contributed by atoms with Gasteiger partial charge in [-0.05, 0) is 31.1 Å². The van der Waals surface area contributed by atoms with Crippen LogP contribution in [0.5, 0.6) is 0 Å². The Hall–Kier alpha value is -0.260. The molecule has 0 bridgehead atoms. The van der Waals surface area contributed by atoms with Crippen LogP contribution in [0, 0.1) is 5.92 Å². The van der Waals surface area contributed by atoms with E-state index in [0.717, 1.165) is 50.7 Å². The molecule has 2 heterocycles. The van der Waals surface area contributed by atoms with E-state index in [-0.39, 0.29) is 6.04 Å². The largest absolute Gasteiger partial charge is 0.378 e. The fourth-order valence-corrected chi connectivity index (χ4v) is 3.87. The number of hydrogen-bond acceptors (Lipinski definition) is 4. The fraction of sp³-hybridized carbons (Fsp3) is 0.933. The minimum atomic E-state index is 0.132. The van der Waals surface area contributed by atoms with Crippen LogP contribution in [0.15, 0.2) is 0 Å². The summed E-state index contributed by atoms with van der Waals surface area (Å²) in [6, 6.07) is 0.132. The van der Waals surface area contributed by atoms with Crippen LogP contribution in [-0.2, 0) is 9.53 Å². The smallest absolute Gasteiger partial charge is 0.240 e. The lowest BCUT2D eigenvalue weighted by Gasteiger charge is -2.32. The van der Waals surface area contributed by atoms with Crippen LogP contribution in [0.25, 0.3) is 0 Å². The lowest BCUT2D eigenvalue weighted by molar-refractivity contribution is -0.140. The van der Waals surface area contributed by atoms with Crippen molar-refractivity contribution in [1.82, 2.24) is 9.80 Å². The highest BCUT2D eigenvalue weighted by Crippen LogP contribution is 2.20. The lowest BCUT2D eigenvalue weighted by Crippen LogP contribution is -2.50. The van der Waals surface area contributed by atoms with Crippen LogP contribution < -0.4 is 0 Å². The van der Waals surface area contributed by atoms with E-state index < -0.39 is 0 Å². The highest BCUT2D eigenvalue weighted by molar-refractivity contribution is 7.99. The van der Waals surface area contributed by atoms with Gasteiger partial charge >= 0.3 is 0 Å². The topological polar surface area (TPSA) is 32.8 Å². The highest BCUT2D eigenvalue weighted by Gasteiger charge is 2.33. The summed E-state index contributed by atoms with van der Waals surface area (Å²) in [7, 11) is 0. The zero-order valence-electron chi connectivity index (χ0n) is 12.8. The summed E-state index contributed by atoms with van der Waals surface area (Å²) in [4.78, 5) is 17.0. The van der Waals surface area contributed by atoms with Crippen LogP contribution in [0.3, 0.4) is 0 Å². The summed E-state index contributed by atoms with van der Waals surface area (Å²) in [5, 5.41) is 0. The minimum absolute atomic E-state index is 0.132. The van der Waals surface area contributed by atoms with Gasteiger partial charge in [-0.3, -0.25) is 9.69 Å². The molecule has 0 aromatic heterocycles. The highest BCUT2D eigenvalue weighted by atomic mass is 32.2. The second kappa shape index (κ2) is 8.25. The number of likely N-dealkylation sites (tertiary alicyclic amines) is 1. The Morgan fingerprint density at radius 3 is 2.75 bits per heavy atom. The number of carbonyl (C=O) groups is 1. The Morgan fingerprint density at radius 2 is 2.05 bits per heavy atom. The molecule has 0 radical (unpaired) electrons. The molecule has 0 spiro atoms. The SMILES string of the molecule is CC(C)CSCCN1CCC[C@H]1C(=O)N1CCOCC1. The number of amides is 1. The van der Waals surface area contributed by atoms with Crippen molar-refractivity contribution in [2.24, 2.45) is 5.92 Å². The van der Waals surface area contributed by atoms with Crippen LogP contribution in [0.2, 0.25) is 0 Å². The van der Waals surface area contributed by atoms with Crippen molar-refractivity contribution < 1.29 is 9.53 Å². The van der Waals surface area contributed by atoms with E-state index in [1.165, 1.54) is 5.75 Å². The van der Waals surface area contributed by atoms with E-state index >= 15 is 0 Å². The molecule has 2 saturated heterocycles. The van der Waals surface area contributed by atoms with Crippen molar-refractivity contribution >= 4 is 17.7 Å². The maximum absolute atomic E-state index is 12.6. The van der Waals surface area contributed by atoms with Gasteiger partial charge in [0, 0.05) is 25.4 Å². The predicted molar refractivity (Wildman–Crippen MR) is 84.2 cm³/mol. The van der Waals surface area contributed by atoms with Crippen molar-refractivity contribution in [3.63, 3.8) is 0 Å². The molecule has 0 aromatic carbocycles. The zero-order valence-corrected chi connectivity index (χ0v) is 13.7. The Kier molecular flexibility index (Phi) is 6.65. The minimum Gasteiger partial charge on any atom is -0.378 e. The third kappa shape index (κ3) is 4.64. The molecule has 20 heavy (non-hydrogen) atoms. The molecular formula is C15H28N2O2S. The molecule has 4 nitrogen and oxygen atoms in total. The van der Waals surface area contributed by atoms with E-state index in [4.69, 9.17) is 4.74 Å². The monoisotopic (exact) mass is 300 g/mol. The van der Waals surface area contributed by atoms with Gasteiger partial charge in [-0.25, -0.2) is 0 Å². The van der Waals surface area contributed by atoms with Gasteiger partial charge in [-0.2, -0.15) is 11.8 Å². The molecule has 2 aliphatic heterocycles. The van der Waals surface area contributed by atoms with Crippen molar-refractivity contribution in [2.75, 3.05) is 50.9 Å². The van der Waals surface area contributed by atoms with E-state index in [0.29, 0.717) is 19.1 Å². The molecule has 1 atom stereocenters. The molecule has 0 aliphatic carbocycles. The first-order valence-electron chi connectivity index (χ1n) is 7.87. The first kappa shape index (κ1) is 16.1. The Labute approximate surface area is 127 Å². The second-order valence-electron chi connectivity index (χ2n) is 6.10. The molecule has 5 heteroatoms. The van der Waals surface area contributed by atoms with Crippen molar-refractivity contribution in [1.29, 1.82) is 0 Å².